The molecule has 0 aliphatic carbocycles. The van der Waals surface area contributed by atoms with E-state index in [1.807, 2.05) is 6.08 Å². The van der Waals surface area contributed by atoms with Crippen molar-refractivity contribution in [1.29, 1.82) is 0 Å². The Bertz CT molecular complexity index is 318. The summed E-state index contributed by atoms with van der Waals surface area (Å²) in [5.74, 6) is 0. The van der Waals surface area contributed by atoms with Crippen LogP contribution in [-0.4, -0.2) is 19.6 Å². The van der Waals surface area contributed by atoms with E-state index < -0.39 is 0 Å². The summed E-state index contributed by atoms with van der Waals surface area (Å²) in [6, 6.07) is 8.46. The summed E-state index contributed by atoms with van der Waals surface area (Å²) in [5, 5.41) is 0. The first-order valence-corrected chi connectivity index (χ1v) is 5.45. The predicted octanol–water partition coefficient (Wildman–Crippen LogP) is 2.34. The predicted molar refractivity (Wildman–Crippen MR) is 67.3 cm³/mol. The third kappa shape index (κ3) is 3.40. The van der Waals surface area contributed by atoms with Crippen LogP contribution >= 0.6 is 0 Å². The third-order valence-electron chi connectivity index (χ3n) is 2.47. The zero-order chi connectivity index (χ0) is 11.1. The number of rotatable bonds is 5. The fourth-order valence-electron chi connectivity index (χ4n) is 1.61. The zero-order valence-corrected chi connectivity index (χ0v) is 9.61. The number of nitrogens with two attached hydrogens (primary N) is 1. The summed E-state index contributed by atoms with van der Waals surface area (Å²) < 4.78 is 0. The number of hydrogen-bond donors (Lipinski definition) is 1. The van der Waals surface area contributed by atoms with E-state index in [9.17, 15) is 0 Å². The van der Waals surface area contributed by atoms with E-state index in [1.165, 1.54) is 11.3 Å². The molecular weight excluding hydrogens is 184 g/mol. The van der Waals surface area contributed by atoms with Crippen LogP contribution in [0.2, 0.25) is 0 Å². The fraction of sp³-hybridized carbons (Fsp3) is 0.385. The van der Waals surface area contributed by atoms with Crippen LogP contribution in [0.4, 0.5) is 5.69 Å². The highest BCUT2D eigenvalue weighted by atomic mass is 15.1. The SMILES string of the molecule is CCN(CC=CCN)c1ccccc1C. The molecule has 0 heterocycles. The number of anilines is 1. The lowest BCUT2D eigenvalue weighted by molar-refractivity contribution is 0.898. The Morgan fingerprint density at radius 1 is 1.27 bits per heavy atom. The average molecular weight is 204 g/mol. The molecule has 1 aromatic rings. The average Bonchev–Trinajstić information content (AvgIpc) is 2.26. The Hall–Kier alpha value is -1.28. The van der Waals surface area contributed by atoms with E-state index in [1.54, 1.807) is 0 Å². The van der Waals surface area contributed by atoms with Crippen LogP contribution in [-0.2, 0) is 0 Å². The van der Waals surface area contributed by atoms with Gasteiger partial charge in [-0.25, -0.2) is 0 Å². The van der Waals surface area contributed by atoms with Gasteiger partial charge in [-0.15, -0.1) is 0 Å². The highest BCUT2D eigenvalue weighted by Crippen LogP contribution is 2.18. The summed E-state index contributed by atoms with van der Waals surface area (Å²) in [4.78, 5) is 2.33. The van der Waals surface area contributed by atoms with Crippen molar-refractivity contribution in [2.45, 2.75) is 13.8 Å². The number of hydrogen-bond acceptors (Lipinski definition) is 2. The molecule has 0 aliphatic rings. The monoisotopic (exact) mass is 204 g/mol. The first kappa shape index (κ1) is 11.8. The normalized spacial score (nSPS) is 10.9. The van der Waals surface area contributed by atoms with E-state index in [0.717, 1.165) is 13.1 Å². The first-order valence-electron chi connectivity index (χ1n) is 5.45. The minimum Gasteiger partial charge on any atom is -0.368 e. The van der Waals surface area contributed by atoms with Crippen LogP contribution in [0.15, 0.2) is 36.4 Å². The molecule has 2 N–H and O–H groups in total. The Labute approximate surface area is 92.4 Å². The highest BCUT2D eigenvalue weighted by Gasteiger charge is 2.03. The van der Waals surface area contributed by atoms with Gasteiger partial charge in [-0.05, 0) is 25.5 Å². The molecular formula is C13H20N2. The summed E-state index contributed by atoms with van der Waals surface area (Å²) >= 11 is 0. The van der Waals surface area contributed by atoms with E-state index in [0.29, 0.717) is 6.54 Å². The van der Waals surface area contributed by atoms with Crippen molar-refractivity contribution in [2.75, 3.05) is 24.5 Å². The van der Waals surface area contributed by atoms with Gasteiger partial charge < -0.3 is 10.6 Å². The molecule has 0 aromatic heterocycles. The van der Waals surface area contributed by atoms with Crippen LogP contribution < -0.4 is 10.6 Å². The second kappa shape index (κ2) is 6.25. The lowest BCUT2D eigenvalue weighted by atomic mass is 10.2. The maximum Gasteiger partial charge on any atom is 0.0398 e. The molecule has 0 fully saturated rings. The number of nitrogens with zero attached hydrogens (tertiary/aromatic N) is 1. The maximum absolute atomic E-state index is 5.42. The van der Waals surface area contributed by atoms with Crippen molar-refractivity contribution in [2.24, 2.45) is 5.73 Å². The zero-order valence-electron chi connectivity index (χ0n) is 9.61. The number of likely N-dealkylation sites (N-methyl/N-ethyl adjacent to an activating group) is 1. The summed E-state index contributed by atoms with van der Waals surface area (Å²) in [5.41, 5.74) is 8.05. The Morgan fingerprint density at radius 2 is 2.00 bits per heavy atom. The van der Waals surface area contributed by atoms with Gasteiger partial charge >= 0.3 is 0 Å². The molecule has 0 aliphatic heterocycles. The molecule has 0 saturated carbocycles. The van der Waals surface area contributed by atoms with Crippen LogP contribution in [0.5, 0.6) is 0 Å². The van der Waals surface area contributed by atoms with Crippen molar-refractivity contribution in [1.82, 2.24) is 0 Å². The second-order valence-electron chi connectivity index (χ2n) is 3.53. The van der Waals surface area contributed by atoms with Gasteiger partial charge in [0.15, 0.2) is 0 Å². The molecule has 2 nitrogen and oxygen atoms in total. The van der Waals surface area contributed by atoms with Crippen molar-refractivity contribution in [3.63, 3.8) is 0 Å². The van der Waals surface area contributed by atoms with Crippen molar-refractivity contribution in [3.05, 3.63) is 42.0 Å². The summed E-state index contributed by atoms with van der Waals surface area (Å²) in [6.07, 6.45) is 4.12. The molecule has 0 radical (unpaired) electrons. The van der Waals surface area contributed by atoms with Crippen molar-refractivity contribution < 1.29 is 0 Å². The molecule has 0 unspecified atom stereocenters. The van der Waals surface area contributed by atoms with Gasteiger partial charge in [0.25, 0.3) is 0 Å². The maximum atomic E-state index is 5.42. The molecule has 0 amide bonds. The first-order chi connectivity index (χ1) is 7.29. The van der Waals surface area contributed by atoms with E-state index in [2.05, 4.69) is 49.1 Å². The molecule has 2 heteroatoms. The van der Waals surface area contributed by atoms with Gasteiger partial charge in [0.05, 0.1) is 0 Å². The van der Waals surface area contributed by atoms with E-state index in [-0.39, 0.29) is 0 Å². The second-order valence-corrected chi connectivity index (χ2v) is 3.53. The van der Waals surface area contributed by atoms with Crippen molar-refractivity contribution >= 4 is 5.69 Å². The lowest BCUT2D eigenvalue weighted by Crippen LogP contribution is -2.23. The topological polar surface area (TPSA) is 29.3 Å². The van der Waals surface area contributed by atoms with Crippen molar-refractivity contribution in [3.8, 4) is 0 Å². The Balaban J connectivity index is 2.74. The van der Waals surface area contributed by atoms with Gasteiger partial charge in [0.1, 0.15) is 0 Å². The molecule has 0 saturated heterocycles. The van der Waals surface area contributed by atoms with Crippen LogP contribution in [0.1, 0.15) is 12.5 Å². The third-order valence-corrected chi connectivity index (χ3v) is 2.47. The molecule has 0 atom stereocenters. The molecule has 1 rings (SSSR count). The van der Waals surface area contributed by atoms with E-state index >= 15 is 0 Å². The van der Waals surface area contributed by atoms with Gasteiger partial charge in [0, 0.05) is 25.3 Å². The lowest BCUT2D eigenvalue weighted by Gasteiger charge is -2.23. The number of para-hydroxylation sites is 1. The molecule has 1 aromatic carbocycles. The van der Waals surface area contributed by atoms with Gasteiger partial charge in [-0.3, -0.25) is 0 Å². The van der Waals surface area contributed by atoms with E-state index in [4.69, 9.17) is 5.73 Å². The standard InChI is InChI=1S/C13H20N2/c1-3-15(11-7-6-10-14)13-9-5-4-8-12(13)2/h4-9H,3,10-11,14H2,1-2H3. The van der Waals surface area contributed by atoms with Gasteiger partial charge in [-0.1, -0.05) is 30.4 Å². The minimum absolute atomic E-state index is 0.616. The van der Waals surface area contributed by atoms with Gasteiger partial charge in [0.2, 0.25) is 0 Å². The number of benzene rings is 1. The highest BCUT2D eigenvalue weighted by molar-refractivity contribution is 5.53. The Morgan fingerprint density at radius 3 is 2.60 bits per heavy atom. The summed E-state index contributed by atoms with van der Waals surface area (Å²) in [6.45, 7) is 6.87. The molecule has 15 heavy (non-hydrogen) atoms. The molecule has 0 bridgehead atoms. The summed E-state index contributed by atoms with van der Waals surface area (Å²) in [7, 11) is 0. The molecule has 0 spiro atoms. The minimum atomic E-state index is 0.616. The van der Waals surface area contributed by atoms with Gasteiger partial charge in [-0.2, -0.15) is 0 Å². The van der Waals surface area contributed by atoms with Crippen LogP contribution in [0.25, 0.3) is 0 Å². The van der Waals surface area contributed by atoms with Crippen LogP contribution in [0, 0.1) is 6.92 Å². The number of aryl methyl sites for hydroxylation is 1. The largest absolute Gasteiger partial charge is 0.368 e. The van der Waals surface area contributed by atoms with Crippen LogP contribution in [0.3, 0.4) is 0 Å². The quantitative estimate of drug-likeness (QED) is 0.746. The molecule has 82 valence electrons. The Kier molecular flexibility index (Phi) is 4.91. The fourth-order valence-corrected chi connectivity index (χ4v) is 1.61. The smallest absolute Gasteiger partial charge is 0.0398 e.